The molecule has 4 aromatic rings. The van der Waals surface area contributed by atoms with Crippen LogP contribution in [0.1, 0.15) is 5.69 Å². The van der Waals surface area contributed by atoms with Crippen LogP contribution in [0.3, 0.4) is 0 Å². The number of anilines is 2. The van der Waals surface area contributed by atoms with E-state index in [9.17, 15) is 4.39 Å². The molecule has 0 bridgehead atoms. The molecule has 0 atom stereocenters. The minimum atomic E-state index is -0.315. The number of hydrogen-bond acceptors (Lipinski definition) is 7. The van der Waals surface area contributed by atoms with Crippen LogP contribution in [0.2, 0.25) is 0 Å². The van der Waals surface area contributed by atoms with Crippen LogP contribution >= 0.6 is 0 Å². The summed E-state index contributed by atoms with van der Waals surface area (Å²) in [6.45, 7) is 3.10. The van der Waals surface area contributed by atoms with Crippen molar-refractivity contribution >= 4 is 28.3 Å². The number of aromatic nitrogens is 6. The van der Waals surface area contributed by atoms with Crippen molar-refractivity contribution in [3.8, 4) is 0 Å². The van der Waals surface area contributed by atoms with Gasteiger partial charge in [0.1, 0.15) is 30.1 Å². The molecule has 0 radical (unpaired) electrons. The van der Waals surface area contributed by atoms with Crippen molar-refractivity contribution in [2.45, 2.75) is 6.92 Å². The van der Waals surface area contributed by atoms with Crippen LogP contribution in [-0.2, 0) is 0 Å². The summed E-state index contributed by atoms with van der Waals surface area (Å²) in [7, 11) is 0. The highest BCUT2D eigenvalue weighted by atomic mass is 19.1. The zero-order chi connectivity index (χ0) is 17.2. The van der Waals surface area contributed by atoms with Gasteiger partial charge >= 0.3 is 0 Å². The molecule has 3 heterocycles. The van der Waals surface area contributed by atoms with Gasteiger partial charge in [-0.15, -0.1) is 0 Å². The van der Waals surface area contributed by atoms with Crippen LogP contribution in [0, 0.1) is 12.7 Å². The Bertz CT molecular complexity index is 1040. The van der Waals surface area contributed by atoms with Crippen LogP contribution in [0.4, 0.5) is 16.0 Å². The van der Waals surface area contributed by atoms with Gasteiger partial charge in [0.15, 0.2) is 0 Å². The van der Waals surface area contributed by atoms with E-state index in [-0.39, 0.29) is 5.82 Å². The molecule has 0 saturated carbocycles. The highest BCUT2D eigenvalue weighted by Gasteiger charge is 2.06. The van der Waals surface area contributed by atoms with Crippen LogP contribution in [0.15, 0.2) is 36.9 Å². The van der Waals surface area contributed by atoms with Gasteiger partial charge in [-0.05, 0) is 25.1 Å². The number of nitrogens with zero attached hydrogens (tertiary/aromatic N) is 6. The topological polar surface area (TPSA) is 92.9 Å². The highest BCUT2D eigenvalue weighted by Crippen LogP contribution is 2.19. The summed E-state index contributed by atoms with van der Waals surface area (Å²) in [6, 6.07) is 6.35. The van der Waals surface area contributed by atoms with Crippen molar-refractivity contribution in [3.05, 3.63) is 48.4 Å². The van der Waals surface area contributed by atoms with Crippen molar-refractivity contribution in [1.82, 2.24) is 29.5 Å². The molecule has 25 heavy (non-hydrogen) atoms. The maximum atomic E-state index is 13.5. The van der Waals surface area contributed by atoms with Crippen LogP contribution in [-0.4, -0.2) is 42.6 Å². The number of halogens is 1. The number of aryl methyl sites for hydroxylation is 1. The monoisotopic (exact) mass is 338 g/mol. The molecule has 0 spiro atoms. The third-order valence-electron chi connectivity index (χ3n) is 3.70. The zero-order valence-electron chi connectivity index (χ0n) is 13.4. The van der Waals surface area contributed by atoms with Gasteiger partial charge in [0.05, 0.1) is 5.52 Å². The van der Waals surface area contributed by atoms with E-state index >= 15 is 0 Å². The maximum Gasteiger partial charge on any atom is 0.254 e. The van der Waals surface area contributed by atoms with E-state index in [0.29, 0.717) is 35.6 Å². The molecular weight excluding hydrogens is 323 g/mol. The first kappa shape index (κ1) is 15.2. The average Bonchev–Trinajstić information content (AvgIpc) is 3.07. The Hall–Kier alpha value is -3.36. The average molecular weight is 338 g/mol. The normalized spacial score (nSPS) is 11.1. The molecule has 9 heteroatoms. The molecule has 2 N–H and O–H groups in total. The van der Waals surface area contributed by atoms with Crippen molar-refractivity contribution < 1.29 is 4.39 Å². The quantitative estimate of drug-likeness (QED) is 0.538. The SMILES string of the molecule is Cc1cc(NCCNc2ncnc3ccc(F)cc23)n2ncnc2n1. The van der Waals surface area contributed by atoms with E-state index in [0.717, 1.165) is 11.5 Å². The van der Waals surface area contributed by atoms with Crippen molar-refractivity contribution in [2.75, 3.05) is 23.7 Å². The van der Waals surface area contributed by atoms with Gasteiger partial charge in [0.25, 0.3) is 5.78 Å². The third-order valence-corrected chi connectivity index (χ3v) is 3.70. The van der Waals surface area contributed by atoms with Crippen molar-refractivity contribution in [3.63, 3.8) is 0 Å². The molecule has 0 saturated heterocycles. The Morgan fingerprint density at radius 3 is 2.84 bits per heavy atom. The summed E-state index contributed by atoms with van der Waals surface area (Å²) in [4.78, 5) is 16.7. The minimum absolute atomic E-state index is 0.315. The van der Waals surface area contributed by atoms with E-state index in [1.807, 2.05) is 13.0 Å². The minimum Gasteiger partial charge on any atom is -0.368 e. The molecule has 0 fully saturated rings. The van der Waals surface area contributed by atoms with E-state index in [2.05, 4.69) is 35.7 Å². The second-order valence-electron chi connectivity index (χ2n) is 5.49. The molecule has 0 aliphatic heterocycles. The number of fused-ring (bicyclic) bond motifs is 2. The molecule has 1 aromatic carbocycles. The number of nitrogens with one attached hydrogen (secondary N) is 2. The van der Waals surface area contributed by atoms with Gasteiger partial charge in [-0.25, -0.2) is 19.3 Å². The Balaban J connectivity index is 1.46. The largest absolute Gasteiger partial charge is 0.368 e. The summed E-state index contributed by atoms with van der Waals surface area (Å²) in [5.41, 5.74) is 1.55. The van der Waals surface area contributed by atoms with E-state index in [1.165, 1.54) is 24.8 Å². The van der Waals surface area contributed by atoms with Gasteiger partial charge in [0, 0.05) is 30.2 Å². The smallest absolute Gasteiger partial charge is 0.254 e. The molecule has 3 aromatic heterocycles. The molecule has 0 unspecified atom stereocenters. The molecule has 8 nitrogen and oxygen atoms in total. The van der Waals surface area contributed by atoms with Gasteiger partial charge in [-0.1, -0.05) is 0 Å². The molecule has 4 rings (SSSR count). The molecular formula is C16H15FN8. The summed E-state index contributed by atoms with van der Waals surface area (Å²) in [6.07, 6.45) is 2.92. The second-order valence-corrected chi connectivity index (χ2v) is 5.49. The highest BCUT2D eigenvalue weighted by molar-refractivity contribution is 5.88. The predicted molar refractivity (Wildman–Crippen MR) is 92.0 cm³/mol. The fraction of sp³-hybridized carbons (Fsp3) is 0.188. The van der Waals surface area contributed by atoms with E-state index < -0.39 is 0 Å². The Labute approximate surface area is 142 Å². The lowest BCUT2D eigenvalue weighted by molar-refractivity contribution is 0.629. The van der Waals surface area contributed by atoms with E-state index in [1.54, 1.807) is 10.6 Å². The fourth-order valence-electron chi connectivity index (χ4n) is 2.60. The van der Waals surface area contributed by atoms with Gasteiger partial charge in [-0.3, -0.25) is 0 Å². The molecule has 0 aliphatic carbocycles. The van der Waals surface area contributed by atoms with Crippen molar-refractivity contribution in [1.29, 1.82) is 0 Å². The number of hydrogen-bond donors (Lipinski definition) is 2. The predicted octanol–water partition coefficient (Wildman–Crippen LogP) is 2.04. The van der Waals surface area contributed by atoms with Gasteiger partial charge in [-0.2, -0.15) is 14.6 Å². The van der Waals surface area contributed by atoms with Crippen LogP contribution in [0.5, 0.6) is 0 Å². The van der Waals surface area contributed by atoms with E-state index in [4.69, 9.17) is 0 Å². The molecule has 0 amide bonds. The van der Waals surface area contributed by atoms with Gasteiger partial charge in [0.2, 0.25) is 0 Å². The molecule has 0 aliphatic rings. The maximum absolute atomic E-state index is 13.5. The van der Waals surface area contributed by atoms with Gasteiger partial charge < -0.3 is 10.6 Å². The lowest BCUT2D eigenvalue weighted by Crippen LogP contribution is -2.16. The number of rotatable bonds is 5. The first-order chi connectivity index (χ1) is 12.2. The lowest BCUT2D eigenvalue weighted by atomic mass is 10.2. The molecule has 126 valence electrons. The summed E-state index contributed by atoms with van der Waals surface area (Å²) >= 11 is 0. The standard InChI is InChI=1S/C16H15FN8/c1-10-6-14(25-16(24-10)22-9-23-25)18-4-5-19-15-12-7-11(17)2-3-13(12)20-8-21-15/h2-3,6-9,18H,4-5H2,1H3,(H,19,20,21). The Kier molecular flexibility index (Phi) is 3.81. The Morgan fingerprint density at radius 2 is 1.92 bits per heavy atom. The van der Waals surface area contributed by atoms with Crippen molar-refractivity contribution in [2.24, 2.45) is 0 Å². The van der Waals surface area contributed by atoms with Crippen LogP contribution < -0.4 is 10.6 Å². The van der Waals surface area contributed by atoms with Crippen LogP contribution in [0.25, 0.3) is 16.7 Å². The third kappa shape index (κ3) is 3.03. The Morgan fingerprint density at radius 1 is 1.04 bits per heavy atom. The summed E-state index contributed by atoms with van der Waals surface area (Å²) in [5, 5.41) is 11.3. The second kappa shape index (κ2) is 6.27. The summed E-state index contributed by atoms with van der Waals surface area (Å²) < 4.78 is 15.1. The summed E-state index contributed by atoms with van der Waals surface area (Å²) in [5.74, 6) is 1.64. The number of benzene rings is 1. The zero-order valence-corrected chi connectivity index (χ0v) is 13.4. The lowest BCUT2D eigenvalue weighted by Gasteiger charge is -2.11. The first-order valence-corrected chi connectivity index (χ1v) is 7.76. The first-order valence-electron chi connectivity index (χ1n) is 7.76. The fourth-order valence-corrected chi connectivity index (χ4v) is 2.60.